The molecule has 1 aromatic heterocycles. The molecular formula is C29H29N3O2. The second-order valence-electron chi connectivity index (χ2n) is 8.45. The van der Waals surface area contributed by atoms with Crippen LogP contribution in [0.1, 0.15) is 22.3 Å². The number of pyridine rings is 1. The van der Waals surface area contributed by atoms with Crippen molar-refractivity contribution in [3.8, 4) is 22.8 Å². The van der Waals surface area contributed by atoms with Gasteiger partial charge in [-0.3, -0.25) is 4.98 Å². The van der Waals surface area contributed by atoms with E-state index in [-0.39, 0.29) is 0 Å². The molecule has 2 N–H and O–H groups in total. The molecule has 0 amide bonds. The van der Waals surface area contributed by atoms with Crippen molar-refractivity contribution in [3.63, 3.8) is 0 Å². The fourth-order valence-electron chi connectivity index (χ4n) is 4.01. The number of ether oxygens (including phenoxy) is 2. The van der Waals surface area contributed by atoms with Gasteiger partial charge in [0.2, 0.25) is 6.79 Å². The van der Waals surface area contributed by atoms with Gasteiger partial charge in [-0.25, -0.2) is 0 Å². The average Bonchev–Trinajstić information content (AvgIpc) is 3.36. The second-order valence-corrected chi connectivity index (χ2v) is 8.45. The summed E-state index contributed by atoms with van der Waals surface area (Å²) in [6.07, 6.45) is 3.00. The predicted molar refractivity (Wildman–Crippen MR) is 135 cm³/mol. The number of nitrogens with one attached hydrogen (secondary N) is 2. The normalized spacial score (nSPS) is 12.1. The van der Waals surface area contributed by atoms with Gasteiger partial charge in [0.05, 0.1) is 5.69 Å². The fraction of sp³-hybridized carbons (Fsp3) is 0.207. The Kier molecular flexibility index (Phi) is 7.14. The summed E-state index contributed by atoms with van der Waals surface area (Å²) in [5, 5.41) is 6.99. The Morgan fingerprint density at radius 2 is 1.38 bits per heavy atom. The van der Waals surface area contributed by atoms with Crippen LogP contribution in [0, 0.1) is 0 Å². The van der Waals surface area contributed by atoms with Crippen LogP contribution in [0.5, 0.6) is 11.5 Å². The molecule has 5 heteroatoms. The molecule has 0 spiro atoms. The van der Waals surface area contributed by atoms with Crippen molar-refractivity contribution in [2.24, 2.45) is 0 Å². The summed E-state index contributed by atoms with van der Waals surface area (Å²) in [6, 6.07) is 29.5. The van der Waals surface area contributed by atoms with Gasteiger partial charge in [-0.2, -0.15) is 0 Å². The zero-order valence-electron chi connectivity index (χ0n) is 19.2. The summed E-state index contributed by atoms with van der Waals surface area (Å²) in [6.45, 7) is 3.67. The zero-order valence-corrected chi connectivity index (χ0v) is 19.2. The lowest BCUT2D eigenvalue weighted by Crippen LogP contribution is -2.16. The van der Waals surface area contributed by atoms with Crippen LogP contribution in [0.15, 0.2) is 91.1 Å². The maximum Gasteiger partial charge on any atom is 0.231 e. The minimum absolute atomic E-state index is 0.307. The summed E-state index contributed by atoms with van der Waals surface area (Å²) in [7, 11) is 0. The van der Waals surface area contributed by atoms with Gasteiger partial charge in [0.15, 0.2) is 11.5 Å². The predicted octanol–water partition coefficient (Wildman–Crippen LogP) is 5.10. The molecule has 5 rings (SSSR count). The summed E-state index contributed by atoms with van der Waals surface area (Å²) >= 11 is 0. The number of benzene rings is 3. The lowest BCUT2D eigenvalue weighted by Gasteiger charge is -2.08. The Bertz CT molecular complexity index is 1190. The third kappa shape index (κ3) is 5.81. The van der Waals surface area contributed by atoms with Crippen LogP contribution < -0.4 is 20.1 Å². The molecule has 0 atom stereocenters. The summed E-state index contributed by atoms with van der Waals surface area (Å²) in [5.74, 6) is 1.64. The first-order valence-corrected chi connectivity index (χ1v) is 11.7. The Labute approximate surface area is 200 Å². The second kappa shape index (κ2) is 11.0. The van der Waals surface area contributed by atoms with E-state index in [1.807, 2.05) is 18.3 Å². The largest absolute Gasteiger partial charge is 0.454 e. The van der Waals surface area contributed by atoms with E-state index in [0.29, 0.717) is 6.79 Å². The molecule has 2 heterocycles. The molecule has 0 fully saturated rings. The van der Waals surface area contributed by atoms with E-state index >= 15 is 0 Å². The molecule has 0 saturated carbocycles. The maximum absolute atomic E-state index is 5.45. The molecule has 172 valence electrons. The molecular weight excluding hydrogens is 422 g/mol. The molecule has 5 nitrogen and oxygen atoms in total. The van der Waals surface area contributed by atoms with Gasteiger partial charge < -0.3 is 20.1 Å². The highest BCUT2D eigenvalue weighted by Gasteiger charge is 2.12. The van der Waals surface area contributed by atoms with E-state index < -0.39 is 0 Å². The Morgan fingerprint density at radius 3 is 2.21 bits per heavy atom. The van der Waals surface area contributed by atoms with Crippen molar-refractivity contribution < 1.29 is 9.47 Å². The highest BCUT2D eigenvalue weighted by atomic mass is 16.7. The van der Waals surface area contributed by atoms with Crippen molar-refractivity contribution in [1.82, 2.24) is 15.6 Å². The number of fused-ring (bicyclic) bond motifs is 1. The van der Waals surface area contributed by atoms with Crippen molar-refractivity contribution >= 4 is 0 Å². The third-order valence-corrected chi connectivity index (χ3v) is 5.93. The number of aromatic nitrogens is 1. The summed E-state index contributed by atoms with van der Waals surface area (Å²) in [4.78, 5) is 4.67. The van der Waals surface area contributed by atoms with Gasteiger partial charge in [-0.1, -0.05) is 66.7 Å². The molecule has 0 unspecified atom stereocenters. The monoisotopic (exact) mass is 451 g/mol. The highest BCUT2D eigenvalue weighted by Crippen LogP contribution is 2.32. The first kappa shape index (κ1) is 22.1. The minimum atomic E-state index is 0.307. The van der Waals surface area contributed by atoms with Crippen LogP contribution >= 0.6 is 0 Å². The molecule has 1 aliphatic rings. The lowest BCUT2D eigenvalue weighted by molar-refractivity contribution is 0.174. The quantitative estimate of drug-likeness (QED) is 0.329. The Balaban J connectivity index is 1.07. The Hall–Kier alpha value is -3.67. The standard InChI is InChI=1S/C29H29N3O2/c1-2-4-22(5-3-1)14-15-30-19-25-8-12-27(32-20-25)26-10-6-23(7-11-26)17-31-18-24-9-13-28-29(16-24)34-21-33-28/h1-13,16,20,30-31H,14-15,17-19,21H2. The van der Waals surface area contributed by atoms with Crippen LogP contribution in [-0.2, 0) is 26.1 Å². The van der Waals surface area contributed by atoms with Gasteiger partial charge in [-0.05, 0) is 53.4 Å². The van der Waals surface area contributed by atoms with Crippen LogP contribution in [0.25, 0.3) is 11.3 Å². The van der Waals surface area contributed by atoms with Gasteiger partial charge in [0, 0.05) is 31.4 Å². The molecule has 3 aromatic carbocycles. The highest BCUT2D eigenvalue weighted by molar-refractivity contribution is 5.59. The summed E-state index contributed by atoms with van der Waals surface area (Å²) < 4.78 is 10.8. The van der Waals surface area contributed by atoms with E-state index in [9.17, 15) is 0 Å². The van der Waals surface area contributed by atoms with Gasteiger partial charge >= 0.3 is 0 Å². The number of nitrogens with zero attached hydrogens (tertiary/aromatic N) is 1. The third-order valence-electron chi connectivity index (χ3n) is 5.93. The molecule has 0 aliphatic carbocycles. The Morgan fingerprint density at radius 1 is 0.647 bits per heavy atom. The molecule has 0 radical (unpaired) electrons. The van der Waals surface area contributed by atoms with E-state index in [0.717, 1.165) is 55.4 Å². The lowest BCUT2D eigenvalue weighted by atomic mass is 10.1. The van der Waals surface area contributed by atoms with Crippen LogP contribution in [0.2, 0.25) is 0 Å². The van der Waals surface area contributed by atoms with Crippen molar-refractivity contribution in [3.05, 3.63) is 113 Å². The van der Waals surface area contributed by atoms with Crippen LogP contribution in [-0.4, -0.2) is 18.3 Å². The molecule has 0 saturated heterocycles. The SMILES string of the molecule is c1ccc(CCNCc2ccc(-c3ccc(CNCc4ccc5c(c4)OCO5)cc3)nc2)cc1. The first-order chi connectivity index (χ1) is 16.8. The zero-order chi connectivity index (χ0) is 23.0. The van der Waals surface area contributed by atoms with Gasteiger partial charge in [0.25, 0.3) is 0 Å². The maximum atomic E-state index is 5.45. The van der Waals surface area contributed by atoms with Crippen molar-refractivity contribution in [2.75, 3.05) is 13.3 Å². The molecule has 34 heavy (non-hydrogen) atoms. The summed E-state index contributed by atoms with van der Waals surface area (Å²) in [5.41, 5.74) is 7.09. The van der Waals surface area contributed by atoms with Crippen LogP contribution in [0.4, 0.5) is 0 Å². The molecule has 4 aromatic rings. The number of rotatable bonds is 10. The van der Waals surface area contributed by atoms with Gasteiger partial charge in [0.1, 0.15) is 0 Å². The fourth-order valence-corrected chi connectivity index (χ4v) is 4.01. The van der Waals surface area contributed by atoms with Crippen molar-refractivity contribution in [2.45, 2.75) is 26.1 Å². The first-order valence-electron chi connectivity index (χ1n) is 11.7. The van der Waals surface area contributed by atoms with E-state index in [1.165, 1.54) is 22.3 Å². The molecule has 0 bridgehead atoms. The van der Waals surface area contributed by atoms with Crippen LogP contribution in [0.3, 0.4) is 0 Å². The minimum Gasteiger partial charge on any atom is -0.454 e. The number of hydrogen-bond donors (Lipinski definition) is 2. The topological polar surface area (TPSA) is 55.4 Å². The van der Waals surface area contributed by atoms with E-state index in [4.69, 9.17) is 9.47 Å². The van der Waals surface area contributed by atoms with Crippen molar-refractivity contribution in [1.29, 1.82) is 0 Å². The number of hydrogen-bond acceptors (Lipinski definition) is 5. The smallest absolute Gasteiger partial charge is 0.231 e. The van der Waals surface area contributed by atoms with E-state index in [2.05, 4.69) is 88.4 Å². The van der Waals surface area contributed by atoms with Gasteiger partial charge in [-0.15, -0.1) is 0 Å². The average molecular weight is 452 g/mol. The molecule has 1 aliphatic heterocycles. The van der Waals surface area contributed by atoms with E-state index in [1.54, 1.807) is 0 Å².